The molecular weight excluding hydrogens is 228 g/mol. The van der Waals surface area contributed by atoms with Gasteiger partial charge in [0.05, 0.1) is 6.10 Å². The number of hydrogen-bond donors (Lipinski definition) is 1. The van der Waals surface area contributed by atoms with Crippen LogP contribution in [0.1, 0.15) is 33.6 Å². The third-order valence-electron chi connectivity index (χ3n) is 3.98. The Hall–Kier alpha value is -0.450. The molecule has 1 aliphatic heterocycles. The number of nitrogens with zero attached hydrogens (tertiary/aromatic N) is 2. The van der Waals surface area contributed by atoms with E-state index < -0.39 is 0 Å². The van der Waals surface area contributed by atoms with Crippen molar-refractivity contribution in [3.63, 3.8) is 0 Å². The molecule has 0 spiro atoms. The zero-order valence-corrected chi connectivity index (χ0v) is 12.1. The van der Waals surface area contributed by atoms with Gasteiger partial charge in [0.1, 0.15) is 5.78 Å². The van der Waals surface area contributed by atoms with E-state index in [0.717, 1.165) is 52.1 Å². The monoisotopic (exact) mass is 256 g/mol. The summed E-state index contributed by atoms with van der Waals surface area (Å²) in [7, 11) is 0. The smallest absolute Gasteiger partial charge is 0.135 e. The Kier molecular flexibility index (Phi) is 6.82. The van der Waals surface area contributed by atoms with Gasteiger partial charge in [0.2, 0.25) is 0 Å². The van der Waals surface area contributed by atoms with Gasteiger partial charge in [-0.2, -0.15) is 0 Å². The lowest BCUT2D eigenvalue weighted by Crippen LogP contribution is -2.43. The van der Waals surface area contributed by atoms with Gasteiger partial charge in [0.25, 0.3) is 0 Å². The topological polar surface area (TPSA) is 43.8 Å². The average Bonchev–Trinajstić information content (AvgIpc) is 2.36. The van der Waals surface area contributed by atoms with Crippen LogP contribution in [0.25, 0.3) is 0 Å². The highest BCUT2D eigenvalue weighted by Gasteiger charge is 2.23. The molecule has 106 valence electrons. The van der Waals surface area contributed by atoms with Gasteiger partial charge < -0.3 is 14.9 Å². The Morgan fingerprint density at radius 3 is 2.33 bits per heavy atom. The van der Waals surface area contributed by atoms with E-state index in [1.165, 1.54) is 0 Å². The highest BCUT2D eigenvalue weighted by molar-refractivity contribution is 5.78. The Morgan fingerprint density at radius 2 is 1.89 bits per heavy atom. The molecule has 0 aromatic heterocycles. The summed E-state index contributed by atoms with van der Waals surface area (Å²) in [4.78, 5) is 16.4. The predicted molar refractivity (Wildman–Crippen MR) is 73.6 cm³/mol. The first-order valence-electron chi connectivity index (χ1n) is 7.20. The normalized spacial score (nSPS) is 20.3. The standard InChI is InChI=1S/C14H28N2O2/c1-4-15(5-2)10-13(12(3)17)11-16-8-6-14(18)7-9-16/h13-14,18H,4-11H2,1-3H3. The average molecular weight is 256 g/mol. The first-order chi connectivity index (χ1) is 8.56. The van der Waals surface area contributed by atoms with E-state index in [1.54, 1.807) is 6.92 Å². The number of aliphatic hydroxyl groups excluding tert-OH is 1. The lowest BCUT2D eigenvalue weighted by molar-refractivity contribution is -0.122. The van der Waals surface area contributed by atoms with Gasteiger partial charge in [-0.25, -0.2) is 0 Å². The molecule has 1 unspecified atom stereocenters. The van der Waals surface area contributed by atoms with Gasteiger partial charge in [-0.15, -0.1) is 0 Å². The van der Waals surface area contributed by atoms with Crippen molar-refractivity contribution in [2.45, 2.75) is 39.7 Å². The Bertz CT molecular complexity index is 246. The minimum absolute atomic E-state index is 0.111. The number of Topliss-reactive ketones (excluding diaryl/α,β-unsaturated/α-hetero) is 1. The van der Waals surface area contributed by atoms with E-state index in [2.05, 4.69) is 23.6 Å². The van der Waals surface area contributed by atoms with E-state index >= 15 is 0 Å². The van der Waals surface area contributed by atoms with E-state index in [-0.39, 0.29) is 17.8 Å². The fourth-order valence-electron chi connectivity index (χ4n) is 2.52. The minimum Gasteiger partial charge on any atom is -0.393 e. The zero-order chi connectivity index (χ0) is 13.5. The molecule has 1 N–H and O–H groups in total. The summed E-state index contributed by atoms with van der Waals surface area (Å²) < 4.78 is 0. The molecule has 0 amide bonds. The van der Waals surface area contributed by atoms with E-state index in [9.17, 15) is 9.90 Å². The molecule has 18 heavy (non-hydrogen) atoms. The van der Waals surface area contributed by atoms with Crippen molar-refractivity contribution in [3.8, 4) is 0 Å². The fraction of sp³-hybridized carbons (Fsp3) is 0.929. The summed E-state index contributed by atoms with van der Waals surface area (Å²) in [6.07, 6.45) is 1.55. The number of carbonyl (C=O) groups is 1. The number of piperidine rings is 1. The lowest BCUT2D eigenvalue weighted by Gasteiger charge is -2.33. The number of hydrogen-bond acceptors (Lipinski definition) is 4. The maximum Gasteiger partial charge on any atom is 0.135 e. The molecule has 1 aliphatic rings. The lowest BCUT2D eigenvalue weighted by atomic mass is 10.0. The van der Waals surface area contributed by atoms with Crippen LogP contribution in [0.5, 0.6) is 0 Å². The molecule has 1 rings (SSSR count). The second-order valence-corrected chi connectivity index (χ2v) is 5.33. The van der Waals surface area contributed by atoms with Crippen molar-refractivity contribution >= 4 is 5.78 Å². The molecular formula is C14H28N2O2. The molecule has 0 aromatic rings. The second-order valence-electron chi connectivity index (χ2n) is 5.33. The van der Waals surface area contributed by atoms with Crippen LogP contribution >= 0.6 is 0 Å². The van der Waals surface area contributed by atoms with Crippen molar-refractivity contribution in [1.82, 2.24) is 9.80 Å². The number of rotatable bonds is 7. The summed E-state index contributed by atoms with van der Waals surface area (Å²) in [6, 6.07) is 0. The third kappa shape index (κ3) is 5.04. The fourth-order valence-corrected chi connectivity index (χ4v) is 2.52. The molecule has 0 bridgehead atoms. The van der Waals surface area contributed by atoms with Gasteiger partial charge in [-0.3, -0.25) is 4.79 Å². The van der Waals surface area contributed by atoms with Crippen LogP contribution in [-0.2, 0) is 4.79 Å². The van der Waals surface area contributed by atoms with Gasteiger partial charge in [0, 0.05) is 32.1 Å². The van der Waals surface area contributed by atoms with Crippen molar-refractivity contribution in [1.29, 1.82) is 0 Å². The molecule has 0 aliphatic carbocycles. The molecule has 4 nitrogen and oxygen atoms in total. The van der Waals surface area contributed by atoms with Gasteiger partial charge in [-0.1, -0.05) is 13.8 Å². The summed E-state index contributed by atoms with van der Waals surface area (Å²) in [5.74, 6) is 0.396. The van der Waals surface area contributed by atoms with Crippen molar-refractivity contribution < 1.29 is 9.90 Å². The quantitative estimate of drug-likeness (QED) is 0.738. The predicted octanol–water partition coefficient (Wildman–Crippen LogP) is 0.990. The first-order valence-corrected chi connectivity index (χ1v) is 7.20. The SMILES string of the molecule is CCN(CC)CC(CN1CCC(O)CC1)C(C)=O. The Balaban J connectivity index is 2.44. The van der Waals surface area contributed by atoms with Crippen LogP contribution in [0.4, 0.5) is 0 Å². The maximum atomic E-state index is 11.7. The molecule has 1 saturated heterocycles. The van der Waals surface area contributed by atoms with Crippen molar-refractivity contribution in [2.24, 2.45) is 5.92 Å². The molecule has 0 radical (unpaired) electrons. The summed E-state index contributed by atoms with van der Waals surface area (Å²) in [5.41, 5.74) is 0. The number of carbonyl (C=O) groups excluding carboxylic acids is 1. The Labute approximate surface area is 111 Å². The zero-order valence-electron chi connectivity index (χ0n) is 12.1. The first kappa shape index (κ1) is 15.6. The van der Waals surface area contributed by atoms with Crippen molar-refractivity contribution in [2.75, 3.05) is 39.3 Å². The van der Waals surface area contributed by atoms with Gasteiger partial charge >= 0.3 is 0 Å². The van der Waals surface area contributed by atoms with Crippen LogP contribution in [0.3, 0.4) is 0 Å². The Morgan fingerprint density at radius 1 is 1.33 bits per heavy atom. The van der Waals surface area contributed by atoms with Crippen LogP contribution in [0, 0.1) is 5.92 Å². The summed E-state index contributed by atoms with van der Waals surface area (Å²) in [5, 5.41) is 9.49. The van der Waals surface area contributed by atoms with Gasteiger partial charge in [-0.05, 0) is 32.9 Å². The van der Waals surface area contributed by atoms with E-state index in [4.69, 9.17) is 0 Å². The number of ketones is 1. The van der Waals surface area contributed by atoms with Crippen LogP contribution in [0.15, 0.2) is 0 Å². The van der Waals surface area contributed by atoms with Crippen LogP contribution in [-0.4, -0.2) is 66.1 Å². The molecule has 1 atom stereocenters. The molecule has 1 heterocycles. The molecule has 4 heteroatoms. The van der Waals surface area contributed by atoms with Gasteiger partial charge in [0.15, 0.2) is 0 Å². The summed E-state index contributed by atoms with van der Waals surface area (Å²) >= 11 is 0. The van der Waals surface area contributed by atoms with Crippen LogP contribution < -0.4 is 0 Å². The third-order valence-corrected chi connectivity index (χ3v) is 3.98. The minimum atomic E-state index is -0.139. The number of aliphatic hydroxyl groups is 1. The largest absolute Gasteiger partial charge is 0.393 e. The molecule has 0 saturated carbocycles. The highest BCUT2D eigenvalue weighted by atomic mass is 16.3. The second kappa shape index (κ2) is 7.87. The van der Waals surface area contributed by atoms with E-state index in [0.29, 0.717) is 0 Å². The maximum absolute atomic E-state index is 11.7. The van der Waals surface area contributed by atoms with Crippen LogP contribution in [0.2, 0.25) is 0 Å². The van der Waals surface area contributed by atoms with Crippen molar-refractivity contribution in [3.05, 3.63) is 0 Å². The molecule has 1 fully saturated rings. The number of likely N-dealkylation sites (tertiary alicyclic amines) is 1. The highest BCUT2D eigenvalue weighted by Crippen LogP contribution is 2.13. The molecule has 0 aromatic carbocycles. The van der Waals surface area contributed by atoms with E-state index in [1.807, 2.05) is 0 Å². The summed E-state index contributed by atoms with van der Waals surface area (Å²) in [6.45, 7) is 11.5.